The number of fused-ring (bicyclic) bond motifs is 1. The zero-order valence-electron chi connectivity index (χ0n) is 21.2. The summed E-state index contributed by atoms with van der Waals surface area (Å²) in [5, 5.41) is 18.1. The molecule has 0 unspecified atom stereocenters. The number of hydrogen-bond donors (Lipinski definition) is 5. The minimum Gasteiger partial charge on any atom is -0.506 e. The number of aromatic nitrogens is 3. The maximum Gasteiger partial charge on any atom is 0.322 e. The molecule has 1 aliphatic rings. The van der Waals surface area contributed by atoms with Crippen LogP contribution in [0.1, 0.15) is 32.5 Å². The van der Waals surface area contributed by atoms with E-state index < -0.39 is 0 Å². The van der Waals surface area contributed by atoms with E-state index in [2.05, 4.69) is 30.5 Å². The average Bonchev–Trinajstić information content (AvgIpc) is 2.90. The zero-order valence-corrected chi connectivity index (χ0v) is 22.0. The Morgan fingerprint density at radius 1 is 0.921 bits per heavy atom. The molecule has 0 bridgehead atoms. The monoisotopic (exact) mass is 544 g/mol. The Labute approximate surface area is 230 Å². The second kappa shape index (κ2) is 13.4. The van der Waals surface area contributed by atoms with Crippen molar-refractivity contribution in [2.75, 3.05) is 35.7 Å². The smallest absolute Gasteiger partial charge is 0.322 e. The molecule has 38 heavy (non-hydrogen) atoms. The molecular formula is C26H37ClN8O3. The van der Waals surface area contributed by atoms with E-state index in [9.17, 15) is 9.90 Å². The van der Waals surface area contributed by atoms with Crippen LogP contribution < -0.4 is 32.6 Å². The number of amides is 1. The molecule has 1 saturated heterocycles. The number of carbonyl (C=O) groups is 1. The summed E-state index contributed by atoms with van der Waals surface area (Å²) >= 11 is 0. The minimum atomic E-state index is -0.387. The van der Waals surface area contributed by atoms with Crippen LogP contribution in [0.3, 0.4) is 0 Å². The fourth-order valence-corrected chi connectivity index (χ4v) is 4.13. The van der Waals surface area contributed by atoms with Crippen LogP contribution in [-0.4, -0.2) is 46.2 Å². The molecular weight excluding hydrogens is 508 g/mol. The number of carbonyl (C=O) groups excluding carboxylic acids is 1. The van der Waals surface area contributed by atoms with Crippen molar-refractivity contribution in [1.82, 2.24) is 27.3 Å². The zero-order chi connectivity index (χ0) is 24.2. The first-order valence-corrected chi connectivity index (χ1v) is 11.5. The second-order valence-electron chi connectivity index (χ2n) is 8.33. The van der Waals surface area contributed by atoms with Gasteiger partial charge < -0.3 is 37.7 Å². The maximum atomic E-state index is 12.8. The van der Waals surface area contributed by atoms with Crippen LogP contribution in [0.25, 0.3) is 10.8 Å². The van der Waals surface area contributed by atoms with Crippen LogP contribution in [0.15, 0.2) is 60.7 Å². The van der Waals surface area contributed by atoms with Gasteiger partial charge in [0.2, 0.25) is 11.9 Å². The van der Waals surface area contributed by atoms with Crippen LogP contribution in [0.2, 0.25) is 0 Å². The highest BCUT2D eigenvalue weighted by Gasteiger charge is 2.17. The number of hydrogen-bond acceptors (Lipinski definition) is 10. The Hall–Kier alpha value is -4.19. The minimum absolute atomic E-state index is 0. The number of halogens is 1. The van der Waals surface area contributed by atoms with Crippen molar-refractivity contribution < 1.29 is 17.5 Å². The SMILES string of the molecule is COc1nc(Nc2ccc(NC(=O)c3ccc4ccccc4c3O)cc2)nc(N2CCCCC2)n1.Cl.N.N.[HH].[HH]. The van der Waals surface area contributed by atoms with Crippen LogP contribution in [0, 0.1) is 0 Å². The molecule has 1 fully saturated rings. The van der Waals surface area contributed by atoms with Crippen molar-refractivity contribution >= 4 is 52.4 Å². The molecule has 5 rings (SSSR count). The van der Waals surface area contributed by atoms with E-state index in [1.807, 2.05) is 36.4 Å². The van der Waals surface area contributed by atoms with Crippen molar-refractivity contribution in [1.29, 1.82) is 0 Å². The van der Waals surface area contributed by atoms with Gasteiger partial charge in [0.25, 0.3) is 5.91 Å². The summed E-state index contributed by atoms with van der Waals surface area (Å²) in [7, 11) is 1.53. The van der Waals surface area contributed by atoms with E-state index in [0.717, 1.165) is 37.0 Å². The van der Waals surface area contributed by atoms with E-state index >= 15 is 0 Å². The molecule has 0 spiro atoms. The van der Waals surface area contributed by atoms with Gasteiger partial charge in [-0.3, -0.25) is 4.79 Å². The van der Waals surface area contributed by atoms with Crippen LogP contribution in [-0.2, 0) is 0 Å². The number of anilines is 4. The molecule has 12 heteroatoms. The number of ether oxygens (including phenoxy) is 1. The fraction of sp³-hybridized carbons (Fsp3) is 0.231. The molecule has 0 aliphatic carbocycles. The Balaban J connectivity index is 0.00000304. The molecule has 0 saturated carbocycles. The number of nitrogens with one attached hydrogen (secondary N) is 2. The quantitative estimate of drug-likeness (QED) is 0.194. The third-order valence-electron chi connectivity index (χ3n) is 5.97. The number of phenolic OH excluding ortho intramolecular Hbond substituents is 1. The molecule has 0 atom stereocenters. The summed E-state index contributed by atoms with van der Waals surface area (Å²) in [6, 6.07) is 18.2. The molecule has 4 aromatic rings. The largest absolute Gasteiger partial charge is 0.506 e. The fourth-order valence-electron chi connectivity index (χ4n) is 4.13. The Kier molecular flexibility index (Phi) is 10.6. The van der Waals surface area contributed by atoms with Crippen molar-refractivity contribution in [3.05, 3.63) is 66.2 Å². The summed E-state index contributed by atoms with van der Waals surface area (Å²) in [5.74, 6) is 0.558. The molecule has 2 heterocycles. The van der Waals surface area contributed by atoms with Gasteiger partial charge in [0.05, 0.1) is 12.7 Å². The number of nitrogens with zero attached hydrogens (tertiary/aromatic N) is 4. The summed E-state index contributed by atoms with van der Waals surface area (Å²) in [6.07, 6.45) is 3.44. The lowest BCUT2D eigenvalue weighted by Crippen LogP contribution is -2.31. The normalized spacial score (nSPS) is 12.4. The van der Waals surface area contributed by atoms with Gasteiger partial charge in [0.1, 0.15) is 5.75 Å². The standard InChI is InChI=1S/C26H26N6O3.ClH.2H3N.2H2/c1-35-26-30-24(29-25(31-26)32-15-5-2-6-16-32)28-19-12-10-18(11-13-19)27-23(34)21-14-9-17-7-3-4-8-20(17)22(21)33;;;;;/h3-4,7-14,33H,2,5-6,15-16H2,1H3,(H,27,34)(H,28,29,30,31);1H;2*1H3;2*1H. The molecule has 206 valence electrons. The number of methoxy groups -OCH3 is 1. The van der Waals surface area contributed by atoms with Gasteiger partial charge in [-0.05, 0) is 55.0 Å². The van der Waals surface area contributed by atoms with Gasteiger partial charge in [0, 0.05) is 32.7 Å². The van der Waals surface area contributed by atoms with Crippen molar-refractivity contribution in [3.8, 4) is 11.8 Å². The number of rotatable bonds is 6. The highest BCUT2D eigenvalue weighted by Crippen LogP contribution is 2.29. The summed E-state index contributed by atoms with van der Waals surface area (Å²) in [4.78, 5) is 28.2. The summed E-state index contributed by atoms with van der Waals surface area (Å²) < 4.78 is 5.27. The Morgan fingerprint density at radius 3 is 2.32 bits per heavy atom. The topological polar surface area (TPSA) is 182 Å². The van der Waals surface area contributed by atoms with E-state index in [-0.39, 0.29) is 50.8 Å². The van der Waals surface area contributed by atoms with E-state index in [4.69, 9.17) is 4.74 Å². The number of benzene rings is 3. The van der Waals surface area contributed by atoms with Crippen LogP contribution in [0.4, 0.5) is 23.3 Å². The molecule has 1 aromatic heterocycles. The highest BCUT2D eigenvalue weighted by molar-refractivity contribution is 6.09. The molecule has 1 aliphatic heterocycles. The Bertz CT molecular complexity index is 1380. The van der Waals surface area contributed by atoms with Gasteiger partial charge in [0.15, 0.2) is 0 Å². The van der Waals surface area contributed by atoms with Gasteiger partial charge >= 0.3 is 6.01 Å². The van der Waals surface area contributed by atoms with Crippen LogP contribution in [0.5, 0.6) is 11.8 Å². The summed E-state index contributed by atoms with van der Waals surface area (Å²) in [6.45, 7) is 1.82. The molecule has 3 aromatic carbocycles. The number of piperidine rings is 1. The van der Waals surface area contributed by atoms with Gasteiger partial charge in [-0.15, -0.1) is 12.4 Å². The third-order valence-corrected chi connectivity index (χ3v) is 5.97. The van der Waals surface area contributed by atoms with Crippen molar-refractivity contribution in [2.45, 2.75) is 19.3 Å². The van der Waals surface area contributed by atoms with E-state index in [1.54, 1.807) is 24.3 Å². The lowest BCUT2D eigenvalue weighted by atomic mass is 10.0. The predicted octanol–water partition coefficient (Wildman–Crippen LogP) is 5.96. The maximum absolute atomic E-state index is 12.8. The first kappa shape index (κ1) is 30.0. The van der Waals surface area contributed by atoms with E-state index in [1.165, 1.54) is 13.5 Å². The van der Waals surface area contributed by atoms with Crippen molar-refractivity contribution in [2.24, 2.45) is 0 Å². The number of aromatic hydroxyl groups is 1. The second-order valence-corrected chi connectivity index (χ2v) is 8.33. The third kappa shape index (κ3) is 6.57. The van der Waals surface area contributed by atoms with Crippen LogP contribution >= 0.6 is 12.4 Å². The summed E-state index contributed by atoms with van der Waals surface area (Å²) in [5.41, 5.74) is 1.55. The molecule has 0 radical (unpaired) electrons. The molecule has 1 amide bonds. The first-order valence-electron chi connectivity index (χ1n) is 11.5. The van der Waals surface area contributed by atoms with Crippen molar-refractivity contribution in [3.63, 3.8) is 0 Å². The van der Waals surface area contributed by atoms with Gasteiger partial charge in [-0.1, -0.05) is 30.3 Å². The molecule has 9 N–H and O–H groups in total. The molecule has 11 nitrogen and oxygen atoms in total. The number of phenols is 1. The Morgan fingerprint density at radius 2 is 1.61 bits per heavy atom. The first-order chi connectivity index (χ1) is 17.1. The highest BCUT2D eigenvalue weighted by atomic mass is 35.5. The van der Waals surface area contributed by atoms with Gasteiger partial charge in [-0.25, -0.2) is 0 Å². The van der Waals surface area contributed by atoms with E-state index in [0.29, 0.717) is 23.0 Å². The lowest BCUT2D eigenvalue weighted by molar-refractivity contribution is 0.102. The van der Waals surface area contributed by atoms with Gasteiger partial charge in [-0.2, -0.15) is 15.0 Å². The average molecular weight is 545 g/mol. The predicted molar refractivity (Wildman–Crippen MR) is 157 cm³/mol. The lowest BCUT2D eigenvalue weighted by Gasteiger charge is -2.26.